The van der Waals surface area contributed by atoms with Crippen molar-refractivity contribution in [1.82, 2.24) is 14.2 Å². The SMILES string of the molecule is COc1ccc(S(=O)(=O)N(C)C[C@H]2Oc3ncc(Br)cc3C(=O)N([C@@H](C)CO)C[C@@H]2C)cc1. The average molecular weight is 542 g/mol. The van der Waals surface area contributed by atoms with Gasteiger partial charge in [-0.05, 0) is 53.2 Å². The van der Waals surface area contributed by atoms with E-state index in [-0.39, 0.29) is 47.9 Å². The fraction of sp³-hybridized carbons (Fsp3) is 0.455. The summed E-state index contributed by atoms with van der Waals surface area (Å²) in [7, 11) is -0.785. The number of likely N-dealkylation sites (N-methyl/N-ethyl adjacent to an activating group) is 1. The molecule has 1 amide bonds. The molecule has 1 aromatic heterocycles. The summed E-state index contributed by atoms with van der Waals surface area (Å²) in [6.07, 6.45) is 0.935. The smallest absolute Gasteiger partial charge is 0.259 e. The van der Waals surface area contributed by atoms with Gasteiger partial charge in [-0.2, -0.15) is 4.31 Å². The Kier molecular flexibility index (Phi) is 7.99. The van der Waals surface area contributed by atoms with Gasteiger partial charge in [-0.15, -0.1) is 0 Å². The second kappa shape index (κ2) is 10.4. The van der Waals surface area contributed by atoms with Gasteiger partial charge in [0.05, 0.1) is 31.2 Å². The van der Waals surface area contributed by atoms with Crippen LogP contribution in [0.25, 0.3) is 0 Å². The molecule has 0 aliphatic carbocycles. The van der Waals surface area contributed by atoms with Gasteiger partial charge in [0, 0.05) is 30.2 Å². The van der Waals surface area contributed by atoms with Crippen molar-refractivity contribution in [1.29, 1.82) is 0 Å². The zero-order valence-corrected chi connectivity index (χ0v) is 21.3. The van der Waals surface area contributed by atoms with Crippen LogP contribution in [0.4, 0.5) is 0 Å². The Balaban J connectivity index is 1.92. The molecule has 0 unspecified atom stereocenters. The topological polar surface area (TPSA) is 109 Å². The number of aliphatic hydroxyl groups is 1. The maximum absolute atomic E-state index is 13.2. The number of sulfonamides is 1. The van der Waals surface area contributed by atoms with Crippen LogP contribution in [0.2, 0.25) is 0 Å². The standard InChI is InChI=1S/C22H28BrN3O6S/c1-14-11-26(15(2)13-27)22(28)19-9-16(23)10-24-21(19)32-20(14)12-25(3)33(29,30)18-7-5-17(31-4)6-8-18/h5-10,14-15,20,27H,11-13H2,1-4H3/t14-,15-,20+/m0/s1. The van der Waals surface area contributed by atoms with Gasteiger partial charge in [-0.25, -0.2) is 13.4 Å². The molecule has 11 heteroatoms. The van der Waals surface area contributed by atoms with E-state index in [0.717, 1.165) is 0 Å². The van der Waals surface area contributed by atoms with E-state index in [2.05, 4.69) is 20.9 Å². The van der Waals surface area contributed by atoms with Crippen LogP contribution in [0.3, 0.4) is 0 Å². The number of benzene rings is 1. The van der Waals surface area contributed by atoms with Crippen molar-refractivity contribution in [3.8, 4) is 11.6 Å². The largest absolute Gasteiger partial charge is 0.497 e. The number of hydrogen-bond acceptors (Lipinski definition) is 7. The second-order valence-electron chi connectivity index (χ2n) is 8.09. The van der Waals surface area contributed by atoms with Crippen molar-refractivity contribution < 1.29 is 27.8 Å². The number of halogens is 1. The minimum atomic E-state index is -3.79. The number of hydrogen-bond donors (Lipinski definition) is 1. The van der Waals surface area contributed by atoms with Crippen molar-refractivity contribution in [2.24, 2.45) is 5.92 Å². The molecular weight excluding hydrogens is 514 g/mol. The third kappa shape index (κ3) is 5.48. The van der Waals surface area contributed by atoms with Crippen LogP contribution in [-0.2, 0) is 10.0 Å². The zero-order valence-electron chi connectivity index (χ0n) is 18.9. The molecule has 2 aromatic rings. The number of methoxy groups -OCH3 is 1. The number of rotatable bonds is 7. The van der Waals surface area contributed by atoms with Crippen molar-refractivity contribution in [3.05, 3.63) is 46.6 Å². The Labute approximate surface area is 202 Å². The highest BCUT2D eigenvalue weighted by atomic mass is 79.9. The summed E-state index contributed by atoms with van der Waals surface area (Å²) >= 11 is 3.33. The predicted molar refractivity (Wildman–Crippen MR) is 126 cm³/mol. The lowest BCUT2D eigenvalue weighted by Gasteiger charge is -2.37. The molecule has 0 saturated heterocycles. The molecule has 0 fully saturated rings. The summed E-state index contributed by atoms with van der Waals surface area (Å²) in [6, 6.07) is 7.36. The third-order valence-electron chi connectivity index (χ3n) is 5.69. The zero-order chi connectivity index (χ0) is 24.3. The lowest BCUT2D eigenvalue weighted by molar-refractivity contribution is 0.0373. The number of aromatic nitrogens is 1. The Morgan fingerprint density at radius 3 is 2.64 bits per heavy atom. The number of nitrogens with zero attached hydrogens (tertiary/aromatic N) is 3. The van der Waals surface area contributed by atoms with Crippen LogP contribution >= 0.6 is 15.9 Å². The Morgan fingerprint density at radius 2 is 2.03 bits per heavy atom. The van der Waals surface area contributed by atoms with Gasteiger partial charge in [0.25, 0.3) is 5.91 Å². The summed E-state index contributed by atoms with van der Waals surface area (Å²) in [6.45, 7) is 3.77. The first-order valence-corrected chi connectivity index (χ1v) is 12.7. The first-order valence-electron chi connectivity index (χ1n) is 10.4. The first-order chi connectivity index (χ1) is 15.6. The molecule has 1 aliphatic heterocycles. The van der Waals surface area contributed by atoms with Crippen LogP contribution in [0.1, 0.15) is 24.2 Å². The van der Waals surface area contributed by atoms with Crippen molar-refractivity contribution in [2.75, 3.05) is 33.9 Å². The summed E-state index contributed by atoms with van der Waals surface area (Å²) < 4.78 is 39.3. The van der Waals surface area contributed by atoms with Gasteiger partial charge < -0.3 is 19.5 Å². The van der Waals surface area contributed by atoms with E-state index < -0.39 is 22.2 Å². The lowest BCUT2D eigenvalue weighted by Crippen LogP contribution is -2.50. The van der Waals surface area contributed by atoms with Crippen LogP contribution in [0, 0.1) is 5.92 Å². The highest BCUT2D eigenvalue weighted by Crippen LogP contribution is 2.29. The van der Waals surface area contributed by atoms with E-state index in [1.807, 2.05) is 6.92 Å². The number of carbonyl (C=O) groups excluding carboxylic acids is 1. The van der Waals surface area contributed by atoms with E-state index in [0.29, 0.717) is 10.2 Å². The Hall–Kier alpha value is -2.21. The lowest BCUT2D eigenvalue weighted by atomic mass is 10.0. The Morgan fingerprint density at radius 1 is 1.36 bits per heavy atom. The maximum atomic E-state index is 13.2. The minimum absolute atomic E-state index is 0.0439. The fourth-order valence-corrected chi connectivity index (χ4v) is 5.09. The molecule has 1 N–H and O–H groups in total. The third-order valence-corrected chi connectivity index (χ3v) is 7.96. The highest BCUT2D eigenvalue weighted by Gasteiger charge is 2.35. The summed E-state index contributed by atoms with van der Waals surface area (Å²) in [5.41, 5.74) is 0.252. The van der Waals surface area contributed by atoms with Crippen LogP contribution in [-0.4, -0.2) is 79.6 Å². The van der Waals surface area contributed by atoms with Crippen molar-refractivity contribution in [3.63, 3.8) is 0 Å². The van der Waals surface area contributed by atoms with Gasteiger partial charge in [0.15, 0.2) is 0 Å². The molecule has 3 rings (SSSR count). The molecule has 0 spiro atoms. The minimum Gasteiger partial charge on any atom is -0.497 e. The van der Waals surface area contributed by atoms with Crippen molar-refractivity contribution >= 4 is 31.9 Å². The molecule has 3 atom stereocenters. The van der Waals surface area contributed by atoms with Crippen LogP contribution in [0.15, 0.2) is 45.9 Å². The molecule has 180 valence electrons. The average Bonchev–Trinajstić information content (AvgIpc) is 2.81. The predicted octanol–water partition coefficient (Wildman–Crippen LogP) is 2.39. The number of carbonyl (C=O) groups is 1. The van der Waals surface area contributed by atoms with Gasteiger partial charge in [-0.3, -0.25) is 4.79 Å². The monoisotopic (exact) mass is 541 g/mol. The van der Waals surface area contributed by atoms with E-state index >= 15 is 0 Å². The van der Waals surface area contributed by atoms with Crippen LogP contribution < -0.4 is 9.47 Å². The summed E-state index contributed by atoms with van der Waals surface area (Å²) in [5.74, 6) is 0.148. The van der Waals surface area contributed by atoms with Crippen molar-refractivity contribution in [2.45, 2.75) is 30.9 Å². The van der Waals surface area contributed by atoms with E-state index in [9.17, 15) is 18.3 Å². The normalized spacial score (nSPS) is 20.0. The molecule has 1 aromatic carbocycles. The van der Waals surface area contributed by atoms with Crippen LogP contribution in [0.5, 0.6) is 11.6 Å². The second-order valence-corrected chi connectivity index (χ2v) is 11.1. The molecular formula is C22H28BrN3O6S. The Bertz CT molecular complexity index is 1100. The van der Waals surface area contributed by atoms with Gasteiger partial charge in [-0.1, -0.05) is 6.92 Å². The maximum Gasteiger partial charge on any atom is 0.259 e. The molecule has 0 saturated carbocycles. The fourth-order valence-electron chi connectivity index (χ4n) is 3.57. The number of pyridine rings is 1. The van der Waals surface area contributed by atoms with Gasteiger partial charge >= 0.3 is 0 Å². The molecule has 2 heterocycles. The summed E-state index contributed by atoms with van der Waals surface area (Å²) in [5, 5.41) is 9.69. The molecule has 33 heavy (non-hydrogen) atoms. The van der Waals surface area contributed by atoms with E-state index in [1.54, 1.807) is 30.0 Å². The number of fused-ring (bicyclic) bond motifs is 1. The van der Waals surface area contributed by atoms with Gasteiger partial charge in [0.1, 0.15) is 17.4 Å². The number of aliphatic hydroxyl groups excluding tert-OH is 1. The molecule has 0 bridgehead atoms. The first kappa shape index (κ1) is 25.4. The van der Waals surface area contributed by atoms with E-state index in [4.69, 9.17) is 9.47 Å². The number of ether oxygens (including phenoxy) is 2. The van der Waals surface area contributed by atoms with E-state index in [1.165, 1.54) is 36.8 Å². The van der Waals surface area contributed by atoms with Gasteiger partial charge in [0.2, 0.25) is 15.9 Å². The quantitative estimate of drug-likeness (QED) is 0.573. The molecule has 1 aliphatic rings. The summed E-state index contributed by atoms with van der Waals surface area (Å²) in [4.78, 5) is 19.1. The molecule has 9 nitrogen and oxygen atoms in total. The number of amides is 1. The highest BCUT2D eigenvalue weighted by molar-refractivity contribution is 9.10. The molecule has 0 radical (unpaired) electrons.